The summed E-state index contributed by atoms with van der Waals surface area (Å²) in [4.78, 5) is 7.19. The number of aryl methyl sites for hydroxylation is 1. The zero-order valence-corrected chi connectivity index (χ0v) is 13.2. The Labute approximate surface area is 130 Å². The summed E-state index contributed by atoms with van der Waals surface area (Å²) in [7, 11) is 0. The van der Waals surface area contributed by atoms with Crippen molar-refractivity contribution in [1.82, 2.24) is 4.98 Å². The smallest absolute Gasteiger partial charge is 0.191 e. The van der Waals surface area contributed by atoms with Crippen LogP contribution in [0.15, 0.2) is 46.9 Å². The van der Waals surface area contributed by atoms with Gasteiger partial charge in [0.15, 0.2) is 5.13 Å². The Morgan fingerprint density at radius 1 is 1.10 bits per heavy atom. The molecule has 0 saturated carbocycles. The SMILES string of the molecule is Brc1cccc2sc(N3CCCc4ccccc43)nc12. The number of hydrogen-bond donors (Lipinski definition) is 0. The molecule has 20 heavy (non-hydrogen) atoms. The normalized spacial score (nSPS) is 14.6. The molecule has 0 amide bonds. The van der Waals surface area contributed by atoms with Gasteiger partial charge in [-0.25, -0.2) is 4.98 Å². The molecule has 0 aliphatic carbocycles. The number of thiazole rings is 1. The summed E-state index contributed by atoms with van der Waals surface area (Å²) in [5.41, 5.74) is 3.81. The van der Waals surface area contributed by atoms with Gasteiger partial charge in [0.05, 0.1) is 10.2 Å². The second-order valence-electron chi connectivity index (χ2n) is 4.97. The molecule has 0 unspecified atom stereocenters. The van der Waals surface area contributed by atoms with Crippen LogP contribution in [0.2, 0.25) is 0 Å². The van der Waals surface area contributed by atoms with Crippen molar-refractivity contribution in [3.05, 3.63) is 52.5 Å². The van der Waals surface area contributed by atoms with Crippen LogP contribution in [0.3, 0.4) is 0 Å². The first-order chi connectivity index (χ1) is 9.83. The number of nitrogens with zero attached hydrogens (tertiary/aromatic N) is 2. The average Bonchev–Trinajstić information content (AvgIpc) is 2.92. The lowest BCUT2D eigenvalue weighted by atomic mass is 10.0. The first-order valence-corrected chi connectivity index (χ1v) is 8.34. The van der Waals surface area contributed by atoms with E-state index in [0.29, 0.717) is 0 Å². The molecule has 0 atom stereocenters. The van der Waals surface area contributed by atoms with E-state index in [4.69, 9.17) is 4.98 Å². The van der Waals surface area contributed by atoms with Crippen LogP contribution < -0.4 is 4.90 Å². The Kier molecular flexibility index (Phi) is 3.00. The van der Waals surface area contributed by atoms with E-state index in [1.165, 1.54) is 28.8 Å². The van der Waals surface area contributed by atoms with Crippen molar-refractivity contribution in [3.8, 4) is 0 Å². The van der Waals surface area contributed by atoms with Gasteiger partial charge in [0.2, 0.25) is 0 Å². The van der Waals surface area contributed by atoms with E-state index in [0.717, 1.165) is 21.7 Å². The van der Waals surface area contributed by atoms with E-state index in [9.17, 15) is 0 Å². The van der Waals surface area contributed by atoms with Crippen molar-refractivity contribution in [2.75, 3.05) is 11.4 Å². The number of aromatic nitrogens is 1. The highest BCUT2D eigenvalue weighted by Gasteiger charge is 2.20. The molecule has 100 valence electrons. The number of benzene rings is 2. The molecule has 2 heterocycles. The molecule has 1 aliphatic heterocycles. The van der Waals surface area contributed by atoms with Gasteiger partial charge in [0.1, 0.15) is 0 Å². The Morgan fingerprint density at radius 2 is 2.00 bits per heavy atom. The third-order valence-corrected chi connectivity index (χ3v) is 5.38. The van der Waals surface area contributed by atoms with Crippen LogP contribution >= 0.6 is 27.3 Å². The maximum absolute atomic E-state index is 4.83. The van der Waals surface area contributed by atoms with E-state index >= 15 is 0 Å². The molecular formula is C16H13BrN2S. The van der Waals surface area contributed by atoms with E-state index in [2.05, 4.69) is 63.3 Å². The lowest BCUT2D eigenvalue weighted by Gasteiger charge is -2.28. The van der Waals surface area contributed by atoms with Crippen molar-refractivity contribution in [2.45, 2.75) is 12.8 Å². The molecule has 4 rings (SSSR count). The zero-order valence-electron chi connectivity index (χ0n) is 10.8. The predicted octanol–water partition coefficient (Wildman–Crippen LogP) is 5.14. The van der Waals surface area contributed by atoms with Crippen LogP contribution in [0.25, 0.3) is 10.2 Å². The summed E-state index contributed by atoms with van der Waals surface area (Å²) in [6.45, 7) is 1.05. The predicted molar refractivity (Wildman–Crippen MR) is 89.1 cm³/mol. The van der Waals surface area contributed by atoms with Crippen LogP contribution in [-0.4, -0.2) is 11.5 Å². The van der Waals surface area contributed by atoms with Crippen molar-refractivity contribution in [2.24, 2.45) is 0 Å². The van der Waals surface area contributed by atoms with Crippen molar-refractivity contribution in [1.29, 1.82) is 0 Å². The molecule has 0 bridgehead atoms. The lowest BCUT2D eigenvalue weighted by molar-refractivity contribution is 0.765. The summed E-state index contributed by atoms with van der Waals surface area (Å²) in [6, 6.07) is 14.9. The van der Waals surface area contributed by atoms with Gasteiger partial charge in [-0.15, -0.1) is 0 Å². The molecule has 0 saturated heterocycles. The molecule has 2 aromatic carbocycles. The molecule has 3 aromatic rings. The molecule has 0 spiro atoms. The number of rotatable bonds is 1. The van der Waals surface area contributed by atoms with E-state index < -0.39 is 0 Å². The molecule has 1 aliphatic rings. The first kappa shape index (κ1) is 12.4. The van der Waals surface area contributed by atoms with Crippen LogP contribution in [0.5, 0.6) is 0 Å². The van der Waals surface area contributed by atoms with Crippen LogP contribution in [-0.2, 0) is 6.42 Å². The highest BCUT2D eigenvalue weighted by molar-refractivity contribution is 9.10. The summed E-state index contributed by atoms with van der Waals surface area (Å²) < 4.78 is 2.31. The Balaban J connectivity index is 1.86. The van der Waals surface area contributed by atoms with Crippen molar-refractivity contribution >= 4 is 48.3 Å². The molecular weight excluding hydrogens is 332 g/mol. The minimum atomic E-state index is 1.05. The van der Waals surface area contributed by atoms with Gasteiger partial charge in [0.25, 0.3) is 0 Å². The first-order valence-electron chi connectivity index (χ1n) is 6.73. The molecule has 4 heteroatoms. The molecule has 2 nitrogen and oxygen atoms in total. The average molecular weight is 345 g/mol. The highest BCUT2D eigenvalue weighted by atomic mass is 79.9. The van der Waals surface area contributed by atoms with Gasteiger partial charge in [-0.05, 0) is 52.5 Å². The standard InChI is InChI=1S/C16H13BrN2S/c17-12-7-3-9-14-15(12)18-16(20-14)19-10-4-6-11-5-1-2-8-13(11)19/h1-3,5,7-9H,4,6,10H2. The van der Waals surface area contributed by atoms with Crippen molar-refractivity contribution < 1.29 is 0 Å². The number of halogens is 1. The monoisotopic (exact) mass is 344 g/mol. The fourth-order valence-corrected chi connectivity index (χ4v) is 4.37. The van der Waals surface area contributed by atoms with Gasteiger partial charge >= 0.3 is 0 Å². The summed E-state index contributed by atoms with van der Waals surface area (Å²) in [5.74, 6) is 0. The number of fused-ring (bicyclic) bond motifs is 2. The molecule has 0 radical (unpaired) electrons. The van der Waals surface area contributed by atoms with Crippen LogP contribution in [0.1, 0.15) is 12.0 Å². The van der Waals surface area contributed by atoms with Crippen LogP contribution in [0.4, 0.5) is 10.8 Å². The number of anilines is 2. The fraction of sp³-hybridized carbons (Fsp3) is 0.188. The largest absolute Gasteiger partial charge is 0.318 e. The second kappa shape index (κ2) is 4.86. The molecule has 1 aromatic heterocycles. The lowest BCUT2D eigenvalue weighted by Crippen LogP contribution is -2.24. The minimum absolute atomic E-state index is 1.05. The third kappa shape index (κ3) is 1.95. The van der Waals surface area contributed by atoms with Gasteiger partial charge < -0.3 is 4.90 Å². The van der Waals surface area contributed by atoms with Gasteiger partial charge in [-0.3, -0.25) is 0 Å². The number of hydrogen-bond acceptors (Lipinski definition) is 3. The highest BCUT2D eigenvalue weighted by Crippen LogP contribution is 2.39. The zero-order chi connectivity index (χ0) is 13.5. The van der Waals surface area contributed by atoms with Gasteiger partial charge in [-0.1, -0.05) is 35.6 Å². The maximum Gasteiger partial charge on any atom is 0.191 e. The Morgan fingerprint density at radius 3 is 2.90 bits per heavy atom. The van der Waals surface area contributed by atoms with Crippen LogP contribution in [0, 0.1) is 0 Å². The Hall–Kier alpha value is -1.39. The van der Waals surface area contributed by atoms with Gasteiger partial charge in [0, 0.05) is 16.7 Å². The number of para-hydroxylation sites is 2. The van der Waals surface area contributed by atoms with E-state index in [1.54, 1.807) is 11.3 Å². The summed E-state index contributed by atoms with van der Waals surface area (Å²) in [5, 5.41) is 1.10. The topological polar surface area (TPSA) is 16.1 Å². The third-order valence-electron chi connectivity index (χ3n) is 3.70. The fourth-order valence-electron chi connectivity index (χ4n) is 2.75. The summed E-state index contributed by atoms with van der Waals surface area (Å²) in [6.07, 6.45) is 2.36. The second-order valence-corrected chi connectivity index (χ2v) is 6.83. The van der Waals surface area contributed by atoms with E-state index in [1.807, 2.05) is 0 Å². The van der Waals surface area contributed by atoms with Crippen molar-refractivity contribution in [3.63, 3.8) is 0 Å². The van der Waals surface area contributed by atoms with Gasteiger partial charge in [-0.2, -0.15) is 0 Å². The Bertz CT molecular complexity index is 781. The summed E-state index contributed by atoms with van der Waals surface area (Å²) >= 11 is 5.36. The molecule has 0 fully saturated rings. The quantitative estimate of drug-likeness (QED) is 0.607. The minimum Gasteiger partial charge on any atom is -0.318 e. The van der Waals surface area contributed by atoms with E-state index in [-0.39, 0.29) is 0 Å². The maximum atomic E-state index is 4.83. The molecule has 0 N–H and O–H groups in total.